The van der Waals surface area contributed by atoms with Crippen molar-refractivity contribution >= 4 is 16.6 Å². The lowest BCUT2D eigenvalue weighted by atomic mass is 9.88. The molecule has 37 heavy (non-hydrogen) atoms. The summed E-state index contributed by atoms with van der Waals surface area (Å²) in [7, 11) is 2.05. The van der Waals surface area contributed by atoms with Crippen LogP contribution in [-0.2, 0) is 24.8 Å². The Hall–Kier alpha value is -2.57. The topological polar surface area (TPSA) is 54.3 Å². The van der Waals surface area contributed by atoms with Crippen LogP contribution in [0.4, 0.5) is 0 Å². The number of hydrogen-bond acceptors (Lipinski definition) is 5. The summed E-state index contributed by atoms with van der Waals surface area (Å²) < 4.78 is 2.03. The fourth-order valence-electron chi connectivity index (χ4n) is 6.08. The Labute approximate surface area is 222 Å². The second-order valence-electron chi connectivity index (χ2n) is 12.5. The van der Waals surface area contributed by atoms with Crippen LogP contribution in [0.25, 0.3) is 21.9 Å². The van der Waals surface area contributed by atoms with E-state index in [1.807, 2.05) is 24.1 Å². The van der Waals surface area contributed by atoms with E-state index in [1.54, 1.807) is 0 Å². The number of pyridine rings is 1. The average Bonchev–Trinajstić information content (AvgIpc) is 3.23. The summed E-state index contributed by atoms with van der Waals surface area (Å²) in [4.78, 5) is 22.9. The number of benzene rings is 1. The molecule has 2 aliphatic heterocycles. The molecule has 0 N–H and O–H groups in total. The lowest BCUT2D eigenvalue weighted by molar-refractivity contribution is -0.123. The zero-order valence-corrected chi connectivity index (χ0v) is 23.2. The van der Waals surface area contributed by atoms with Gasteiger partial charge in [0.1, 0.15) is 5.78 Å². The molecule has 0 unspecified atom stereocenters. The number of rotatable bonds is 7. The maximum Gasteiger partial charge on any atom is 0.142 e. The first-order valence-corrected chi connectivity index (χ1v) is 14.1. The van der Waals surface area contributed by atoms with Gasteiger partial charge in [-0.3, -0.25) is 19.4 Å². The summed E-state index contributed by atoms with van der Waals surface area (Å²) in [5.74, 6) is 0.502. The molecule has 4 heterocycles. The van der Waals surface area contributed by atoms with E-state index in [0.717, 1.165) is 55.5 Å². The van der Waals surface area contributed by atoms with Gasteiger partial charge in [0.2, 0.25) is 0 Å². The Balaban J connectivity index is 1.28. The van der Waals surface area contributed by atoms with Crippen LogP contribution in [-0.4, -0.2) is 63.1 Å². The van der Waals surface area contributed by atoms with Gasteiger partial charge in [-0.25, -0.2) is 0 Å². The highest BCUT2D eigenvalue weighted by atomic mass is 16.1. The summed E-state index contributed by atoms with van der Waals surface area (Å²) in [5.41, 5.74) is 4.83. The van der Waals surface area contributed by atoms with Crippen molar-refractivity contribution in [2.45, 2.75) is 65.8 Å². The predicted molar refractivity (Wildman–Crippen MR) is 150 cm³/mol. The average molecular weight is 502 g/mol. The molecule has 0 saturated carbocycles. The lowest BCUT2D eigenvalue weighted by Crippen LogP contribution is -2.40. The molecule has 6 nitrogen and oxygen atoms in total. The summed E-state index contributed by atoms with van der Waals surface area (Å²) in [6.45, 7) is 13.3. The molecule has 1 aromatic carbocycles. The fourth-order valence-corrected chi connectivity index (χ4v) is 6.08. The van der Waals surface area contributed by atoms with Gasteiger partial charge in [-0.05, 0) is 80.4 Å². The van der Waals surface area contributed by atoms with E-state index in [9.17, 15) is 4.79 Å². The molecule has 6 heteroatoms. The number of aromatic nitrogens is 3. The summed E-state index contributed by atoms with van der Waals surface area (Å²) >= 11 is 0. The Morgan fingerprint density at radius 3 is 2.43 bits per heavy atom. The number of carbonyl (C=O) groups excluding carboxylic acids is 1. The fraction of sp³-hybridized carbons (Fsp3) is 0.581. The molecular weight excluding hydrogens is 458 g/mol. The third kappa shape index (κ3) is 6.47. The van der Waals surface area contributed by atoms with E-state index in [0.29, 0.717) is 17.6 Å². The molecule has 0 bridgehead atoms. The van der Waals surface area contributed by atoms with Crippen molar-refractivity contribution in [2.24, 2.45) is 18.4 Å². The number of Topliss-reactive ketones (excluding diaryl/α,β-unsaturated/α-hetero) is 1. The highest BCUT2D eigenvalue weighted by Gasteiger charge is 2.27. The molecule has 198 valence electrons. The molecule has 2 saturated heterocycles. The molecule has 2 aromatic heterocycles. The van der Waals surface area contributed by atoms with E-state index >= 15 is 0 Å². The van der Waals surface area contributed by atoms with Crippen molar-refractivity contribution in [1.82, 2.24) is 24.6 Å². The Morgan fingerprint density at radius 2 is 1.70 bits per heavy atom. The van der Waals surface area contributed by atoms with E-state index in [1.165, 1.54) is 49.2 Å². The van der Waals surface area contributed by atoms with E-state index in [4.69, 9.17) is 0 Å². The van der Waals surface area contributed by atoms with Crippen LogP contribution < -0.4 is 0 Å². The van der Waals surface area contributed by atoms with Gasteiger partial charge in [0.05, 0.1) is 11.9 Å². The Kier molecular flexibility index (Phi) is 7.77. The molecular formula is C31H43N5O. The molecule has 0 spiro atoms. The van der Waals surface area contributed by atoms with Crippen LogP contribution in [0.5, 0.6) is 0 Å². The predicted octanol–water partition coefficient (Wildman–Crippen LogP) is 5.49. The number of nitrogens with zero attached hydrogens (tertiary/aromatic N) is 5. The van der Waals surface area contributed by atoms with Crippen LogP contribution in [0, 0.1) is 11.3 Å². The molecule has 3 aromatic rings. The number of piperidine rings is 2. The number of carbonyl (C=O) groups is 1. The minimum Gasteiger partial charge on any atom is -0.303 e. The quantitative estimate of drug-likeness (QED) is 0.428. The highest BCUT2D eigenvalue weighted by Crippen LogP contribution is 2.29. The minimum atomic E-state index is 0.160. The van der Waals surface area contributed by atoms with Gasteiger partial charge in [-0.1, -0.05) is 39.3 Å². The molecule has 0 atom stereocenters. The first-order chi connectivity index (χ1) is 17.7. The third-order valence-electron chi connectivity index (χ3n) is 8.07. The van der Waals surface area contributed by atoms with Crippen molar-refractivity contribution in [2.75, 3.05) is 32.7 Å². The first kappa shape index (κ1) is 26.1. The van der Waals surface area contributed by atoms with E-state index in [-0.39, 0.29) is 5.92 Å². The zero-order valence-electron chi connectivity index (χ0n) is 23.2. The number of hydrogen-bond donors (Lipinski definition) is 0. The smallest absolute Gasteiger partial charge is 0.142 e. The van der Waals surface area contributed by atoms with Crippen LogP contribution in [0.3, 0.4) is 0 Å². The van der Waals surface area contributed by atoms with E-state index in [2.05, 4.69) is 64.9 Å². The monoisotopic (exact) mass is 501 g/mol. The third-order valence-corrected chi connectivity index (χ3v) is 8.07. The highest BCUT2D eigenvalue weighted by molar-refractivity contribution is 5.89. The van der Waals surface area contributed by atoms with Crippen LogP contribution in [0.1, 0.15) is 64.3 Å². The van der Waals surface area contributed by atoms with Gasteiger partial charge >= 0.3 is 0 Å². The van der Waals surface area contributed by atoms with Gasteiger partial charge in [0.15, 0.2) is 0 Å². The van der Waals surface area contributed by atoms with Gasteiger partial charge in [-0.2, -0.15) is 5.10 Å². The minimum absolute atomic E-state index is 0.160. The first-order valence-electron chi connectivity index (χ1n) is 14.1. The molecule has 0 amide bonds. The summed E-state index contributed by atoms with van der Waals surface area (Å²) in [6.07, 6.45) is 10.2. The second-order valence-corrected chi connectivity index (χ2v) is 12.5. The SMILES string of the molecule is Cn1ncc(-c2ccc3cnc(CC(=O)C4CCN(CC(C)(C)C)CC4)cc3c2)c1CN1CCCCC1. The van der Waals surface area contributed by atoms with Crippen molar-refractivity contribution in [3.63, 3.8) is 0 Å². The van der Waals surface area contributed by atoms with Crippen molar-refractivity contribution in [3.8, 4) is 11.1 Å². The largest absolute Gasteiger partial charge is 0.303 e. The van der Waals surface area contributed by atoms with Gasteiger partial charge < -0.3 is 4.90 Å². The van der Waals surface area contributed by atoms with Gasteiger partial charge in [-0.15, -0.1) is 0 Å². The van der Waals surface area contributed by atoms with Gasteiger partial charge in [0.25, 0.3) is 0 Å². The van der Waals surface area contributed by atoms with Gasteiger partial charge in [0, 0.05) is 55.3 Å². The normalized spacial score (nSPS) is 18.5. The number of likely N-dealkylation sites (tertiary alicyclic amines) is 2. The standard InChI is InChI=1S/C31H43N5O/c1-31(2,3)22-36-14-10-23(11-15-36)30(37)18-27-17-26-16-24(8-9-25(26)19-32-27)28-20-33-34(4)29(28)21-35-12-6-5-7-13-35/h8-9,16-17,19-20,23H,5-7,10-15,18,21-22H2,1-4H3. The van der Waals surface area contributed by atoms with Crippen LogP contribution >= 0.6 is 0 Å². The molecule has 2 aliphatic rings. The van der Waals surface area contributed by atoms with Crippen LogP contribution in [0.15, 0.2) is 36.7 Å². The van der Waals surface area contributed by atoms with Crippen LogP contribution in [0.2, 0.25) is 0 Å². The molecule has 2 fully saturated rings. The maximum atomic E-state index is 13.1. The number of fused-ring (bicyclic) bond motifs is 1. The number of aryl methyl sites for hydroxylation is 1. The summed E-state index contributed by atoms with van der Waals surface area (Å²) in [5, 5.41) is 6.85. The Morgan fingerprint density at radius 1 is 0.946 bits per heavy atom. The molecule has 5 rings (SSSR count). The second kappa shape index (κ2) is 11.0. The summed E-state index contributed by atoms with van der Waals surface area (Å²) in [6, 6.07) is 8.68. The zero-order chi connectivity index (χ0) is 26.0. The number of ketones is 1. The van der Waals surface area contributed by atoms with Crippen molar-refractivity contribution < 1.29 is 4.79 Å². The van der Waals surface area contributed by atoms with Crippen molar-refractivity contribution in [1.29, 1.82) is 0 Å². The van der Waals surface area contributed by atoms with Crippen molar-refractivity contribution in [3.05, 3.63) is 48.0 Å². The van der Waals surface area contributed by atoms with E-state index < -0.39 is 0 Å². The molecule has 0 radical (unpaired) electrons. The maximum absolute atomic E-state index is 13.1. The molecule has 0 aliphatic carbocycles. The lowest BCUT2D eigenvalue weighted by Gasteiger charge is -2.35. The Bertz CT molecular complexity index is 1230.